The standard InChI is InChI=1S/C14H18N4/c1-2-4-13(18-9-7-15-8-10-18)12(3-1)11-14-16-5-6-17-14/h1-6,15H,7-11H2,(H,16,17). The SMILES string of the molecule is c1ccc(N2CCNCC2)c(Cc2ncc[nH]2)c1. The molecule has 94 valence electrons. The Morgan fingerprint density at radius 3 is 2.78 bits per heavy atom. The largest absolute Gasteiger partial charge is 0.369 e. The van der Waals surface area contributed by atoms with Crippen LogP contribution >= 0.6 is 0 Å². The van der Waals surface area contributed by atoms with Gasteiger partial charge in [-0.3, -0.25) is 0 Å². The number of aromatic nitrogens is 2. The van der Waals surface area contributed by atoms with Crippen LogP contribution in [0.2, 0.25) is 0 Å². The van der Waals surface area contributed by atoms with E-state index in [4.69, 9.17) is 0 Å². The highest BCUT2D eigenvalue weighted by Crippen LogP contribution is 2.22. The molecule has 0 bridgehead atoms. The van der Waals surface area contributed by atoms with E-state index in [0.29, 0.717) is 0 Å². The van der Waals surface area contributed by atoms with Gasteiger partial charge in [-0.25, -0.2) is 4.98 Å². The fourth-order valence-electron chi connectivity index (χ4n) is 2.45. The molecule has 0 amide bonds. The van der Waals surface area contributed by atoms with E-state index in [2.05, 4.69) is 44.5 Å². The molecule has 0 atom stereocenters. The molecule has 0 saturated carbocycles. The summed E-state index contributed by atoms with van der Waals surface area (Å²) in [5.41, 5.74) is 2.68. The van der Waals surface area contributed by atoms with Gasteiger partial charge in [-0.05, 0) is 11.6 Å². The lowest BCUT2D eigenvalue weighted by Gasteiger charge is -2.31. The normalized spacial score (nSPS) is 15.9. The molecule has 3 rings (SSSR count). The second-order valence-corrected chi connectivity index (χ2v) is 4.58. The number of nitrogens with one attached hydrogen (secondary N) is 2. The van der Waals surface area contributed by atoms with E-state index in [-0.39, 0.29) is 0 Å². The lowest BCUT2D eigenvalue weighted by Crippen LogP contribution is -2.43. The first-order valence-electron chi connectivity index (χ1n) is 6.45. The molecule has 0 unspecified atom stereocenters. The molecule has 2 heterocycles. The van der Waals surface area contributed by atoms with Crippen molar-refractivity contribution < 1.29 is 0 Å². The van der Waals surface area contributed by atoms with Crippen molar-refractivity contribution in [3.8, 4) is 0 Å². The van der Waals surface area contributed by atoms with Crippen LogP contribution in [0, 0.1) is 0 Å². The van der Waals surface area contributed by atoms with Gasteiger partial charge in [-0.15, -0.1) is 0 Å². The van der Waals surface area contributed by atoms with Crippen molar-refractivity contribution in [1.82, 2.24) is 15.3 Å². The molecular weight excluding hydrogens is 224 g/mol. The predicted octanol–water partition coefficient (Wildman–Crippen LogP) is 1.41. The number of rotatable bonds is 3. The van der Waals surface area contributed by atoms with Gasteiger partial charge in [0.25, 0.3) is 0 Å². The highest BCUT2D eigenvalue weighted by Gasteiger charge is 2.14. The van der Waals surface area contributed by atoms with E-state index in [1.807, 2.05) is 12.4 Å². The molecule has 1 saturated heterocycles. The van der Waals surface area contributed by atoms with Gasteiger partial charge in [0.05, 0.1) is 0 Å². The van der Waals surface area contributed by atoms with Gasteiger partial charge in [-0.1, -0.05) is 18.2 Å². The lowest BCUT2D eigenvalue weighted by atomic mass is 10.1. The van der Waals surface area contributed by atoms with Crippen LogP contribution in [0.1, 0.15) is 11.4 Å². The van der Waals surface area contributed by atoms with Gasteiger partial charge in [0, 0.05) is 50.7 Å². The number of H-pyrrole nitrogens is 1. The summed E-state index contributed by atoms with van der Waals surface area (Å²) in [5.74, 6) is 1.03. The van der Waals surface area contributed by atoms with Crippen LogP contribution < -0.4 is 10.2 Å². The first kappa shape index (κ1) is 11.3. The molecule has 0 aliphatic carbocycles. The van der Waals surface area contributed by atoms with Gasteiger partial charge >= 0.3 is 0 Å². The smallest absolute Gasteiger partial charge is 0.110 e. The molecule has 2 N–H and O–H groups in total. The first-order chi connectivity index (χ1) is 8.93. The summed E-state index contributed by atoms with van der Waals surface area (Å²) in [5, 5.41) is 3.39. The van der Waals surface area contributed by atoms with Crippen LogP contribution in [0.3, 0.4) is 0 Å². The Balaban J connectivity index is 1.84. The van der Waals surface area contributed by atoms with E-state index in [1.54, 1.807) is 0 Å². The Hall–Kier alpha value is -1.81. The summed E-state index contributed by atoms with van der Waals surface area (Å²) in [6.45, 7) is 4.29. The number of aromatic amines is 1. The van der Waals surface area contributed by atoms with Crippen LogP contribution in [0.5, 0.6) is 0 Å². The van der Waals surface area contributed by atoms with Gasteiger partial charge in [-0.2, -0.15) is 0 Å². The number of piperazine rings is 1. The van der Waals surface area contributed by atoms with Gasteiger partial charge < -0.3 is 15.2 Å². The van der Waals surface area contributed by atoms with Crippen LogP contribution in [-0.4, -0.2) is 36.1 Å². The molecule has 4 nitrogen and oxygen atoms in total. The summed E-state index contributed by atoms with van der Waals surface area (Å²) in [6, 6.07) is 8.62. The summed E-state index contributed by atoms with van der Waals surface area (Å²) in [7, 11) is 0. The summed E-state index contributed by atoms with van der Waals surface area (Å²) < 4.78 is 0. The van der Waals surface area contributed by atoms with Gasteiger partial charge in [0.1, 0.15) is 5.82 Å². The number of anilines is 1. The van der Waals surface area contributed by atoms with E-state index in [9.17, 15) is 0 Å². The average Bonchev–Trinajstić information content (AvgIpc) is 2.93. The van der Waals surface area contributed by atoms with Crippen LogP contribution in [0.25, 0.3) is 0 Å². The van der Waals surface area contributed by atoms with Gasteiger partial charge in [0.2, 0.25) is 0 Å². The minimum Gasteiger partial charge on any atom is -0.369 e. The molecule has 1 aliphatic heterocycles. The third-order valence-corrected chi connectivity index (χ3v) is 3.36. The quantitative estimate of drug-likeness (QED) is 0.855. The minimum atomic E-state index is 0.868. The summed E-state index contributed by atoms with van der Waals surface area (Å²) >= 11 is 0. The number of benzene rings is 1. The monoisotopic (exact) mass is 242 g/mol. The maximum atomic E-state index is 4.31. The van der Waals surface area contributed by atoms with Crippen molar-refractivity contribution in [2.24, 2.45) is 0 Å². The van der Waals surface area contributed by atoms with Crippen molar-refractivity contribution in [1.29, 1.82) is 0 Å². The molecule has 18 heavy (non-hydrogen) atoms. The van der Waals surface area contributed by atoms with Crippen LogP contribution in [0.4, 0.5) is 5.69 Å². The Morgan fingerprint density at radius 2 is 2.00 bits per heavy atom. The van der Waals surface area contributed by atoms with Crippen molar-refractivity contribution in [2.45, 2.75) is 6.42 Å². The third-order valence-electron chi connectivity index (χ3n) is 3.36. The number of nitrogens with zero attached hydrogens (tertiary/aromatic N) is 2. The Bertz CT molecular complexity index is 486. The molecule has 0 radical (unpaired) electrons. The molecule has 2 aromatic rings. The zero-order valence-electron chi connectivity index (χ0n) is 10.4. The van der Waals surface area contributed by atoms with Crippen LogP contribution in [0.15, 0.2) is 36.7 Å². The van der Waals surface area contributed by atoms with Crippen molar-refractivity contribution in [3.63, 3.8) is 0 Å². The zero-order valence-corrected chi connectivity index (χ0v) is 10.4. The highest BCUT2D eigenvalue weighted by molar-refractivity contribution is 5.54. The van der Waals surface area contributed by atoms with Crippen molar-refractivity contribution in [3.05, 3.63) is 48.0 Å². The fourth-order valence-corrected chi connectivity index (χ4v) is 2.45. The summed E-state index contributed by atoms with van der Waals surface area (Å²) in [4.78, 5) is 9.94. The first-order valence-corrected chi connectivity index (χ1v) is 6.45. The Morgan fingerprint density at radius 1 is 1.17 bits per heavy atom. The van der Waals surface area contributed by atoms with Crippen molar-refractivity contribution in [2.75, 3.05) is 31.1 Å². The second kappa shape index (κ2) is 5.23. The minimum absolute atomic E-state index is 0.868. The second-order valence-electron chi connectivity index (χ2n) is 4.58. The average molecular weight is 242 g/mol. The Labute approximate surface area is 107 Å². The van der Waals surface area contributed by atoms with E-state index >= 15 is 0 Å². The van der Waals surface area contributed by atoms with E-state index < -0.39 is 0 Å². The molecule has 1 fully saturated rings. The molecule has 1 aromatic carbocycles. The number of hydrogen-bond donors (Lipinski definition) is 2. The fraction of sp³-hybridized carbons (Fsp3) is 0.357. The zero-order chi connectivity index (χ0) is 12.2. The molecule has 4 heteroatoms. The molecule has 1 aliphatic rings. The lowest BCUT2D eigenvalue weighted by molar-refractivity contribution is 0.588. The molecule has 0 spiro atoms. The topological polar surface area (TPSA) is 44.0 Å². The van der Waals surface area contributed by atoms with Crippen molar-refractivity contribution >= 4 is 5.69 Å². The number of hydrogen-bond acceptors (Lipinski definition) is 3. The van der Waals surface area contributed by atoms with Gasteiger partial charge in [0.15, 0.2) is 0 Å². The third kappa shape index (κ3) is 2.38. The predicted molar refractivity (Wildman–Crippen MR) is 72.9 cm³/mol. The maximum Gasteiger partial charge on any atom is 0.110 e. The highest BCUT2D eigenvalue weighted by atomic mass is 15.2. The number of para-hydroxylation sites is 1. The van der Waals surface area contributed by atoms with Crippen LogP contribution in [-0.2, 0) is 6.42 Å². The molecular formula is C14H18N4. The summed E-state index contributed by atoms with van der Waals surface area (Å²) in [6.07, 6.45) is 4.55. The van der Waals surface area contributed by atoms with E-state index in [1.165, 1.54) is 11.3 Å². The maximum absolute atomic E-state index is 4.31. The van der Waals surface area contributed by atoms with E-state index in [0.717, 1.165) is 38.4 Å². The number of imidazole rings is 1. The Kier molecular flexibility index (Phi) is 3.28. The molecule has 1 aromatic heterocycles.